The summed E-state index contributed by atoms with van der Waals surface area (Å²) in [7, 11) is 3.20. The molecular formula is C26H24N2O4S2. The molecule has 0 N–H and O–H groups in total. The number of thioether (sulfide) groups is 1. The number of hydrogen-bond acceptors (Lipinski definition) is 6. The Kier molecular flexibility index (Phi) is 7.49. The van der Waals surface area contributed by atoms with Crippen LogP contribution < -0.4 is 14.3 Å². The van der Waals surface area contributed by atoms with Gasteiger partial charge in [-0.2, -0.15) is 16.8 Å². The van der Waals surface area contributed by atoms with E-state index in [0.29, 0.717) is 39.5 Å². The van der Waals surface area contributed by atoms with Crippen molar-refractivity contribution in [2.45, 2.75) is 6.54 Å². The zero-order valence-electron chi connectivity index (χ0n) is 19.1. The van der Waals surface area contributed by atoms with Crippen molar-refractivity contribution in [2.75, 3.05) is 26.2 Å². The number of ketones is 1. The summed E-state index contributed by atoms with van der Waals surface area (Å²) < 4.78 is 13.9. The normalized spacial score (nSPS) is 11.6. The van der Waals surface area contributed by atoms with Crippen LogP contribution in [0.15, 0.2) is 71.7 Å². The van der Waals surface area contributed by atoms with Crippen LogP contribution in [-0.2, 0) is 6.54 Å². The lowest BCUT2D eigenvalue weighted by atomic mass is 10.0. The Balaban J connectivity index is 1.70. The van der Waals surface area contributed by atoms with Gasteiger partial charge in [-0.25, -0.2) is 0 Å². The first-order chi connectivity index (χ1) is 16.5. The number of amides is 1. The van der Waals surface area contributed by atoms with Crippen LogP contribution in [0.2, 0.25) is 0 Å². The van der Waals surface area contributed by atoms with Crippen molar-refractivity contribution in [3.8, 4) is 11.5 Å². The Bertz CT molecular complexity index is 1390. The number of methoxy groups -OCH3 is 2. The average molecular weight is 493 g/mol. The minimum atomic E-state index is -0.359. The molecule has 1 aromatic heterocycles. The van der Waals surface area contributed by atoms with Crippen LogP contribution in [0.4, 0.5) is 0 Å². The fraction of sp³-hybridized carbons (Fsp3) is 0.192. The van der Waals surface area contributed by atoms with Crippen LogP contribution in [0, 0.1) is 0 Å². The molecule has 0 unspecified atom stereocenters. The molecule has 6 nitrogen and oxygen atoms in total. The number of hydrogen-bond donors (Lipinski definition) is 0. The molecule has 4 rings (SSSR count). The highest BCUT2D eigenvalue weighted by atomic mass is 32.2. The molecule has 1 heterocycles. The second kappa shape index (κ2) is 10.7. The third-order valence-electron chi connectivity index (χ3n) is 5.33. The highest BCUT2D eigenvalue weighted by molar-refractivity contribution is 7.98. The first-order valence-corrected chi connectivity index (χ1v) is 12.8. The predicted octanol–water partition coefficient (Wildman–Crippen LogP) is 5.06. The molecule has 0 aliphatic rings. The second-order valence-electron chi connectivity index (χ2n) is 7.39. The molecule has 0 atom stereocenters. The number of rotatable bonds is 8. The van der Waals surface area contributed by atoms with E-state index in [4.69, 9.17) is 9.47 Å². The number of carbonyl (C=O) groups is 2. The molecule has 4 aromatic rings. The monoisotopic (exact) mass is 492 g/mol. The van der Waals surface area contributed by atoms with Crippen LogP contribution in [-0.4, -0.2) is 42.5 Å². The van der Waals surface area contributed by atoms with E-state index >= 15 is 0 Å². The van der Waals surface area contributed by atoms with E-state index in [2.05, 4.69) is 4.99 Å². The number of aryl methyl sites for hydroxylation is 1. The maximum absolute atomic E-state index is 13.0. The summed E-state index contributed by atoms with van der Waals surface area (Å²) >= 11 is 3.15. The number of nitrogens with zero attached hydrogens (tertiary/aromatic N) is 2. The van der Waals surface area contributed by atoms with E-state index in [1.54, 1.807) is 62.4 Å². The van der Waals surface area contributed by atoms with E-state index in [0.717, 1.165) is 16.0 Å². The molecule has 1 amide bonds. The minimum Gasteiger partial charge on any atom is -0.493 e. The Morgan fingerprint density at radius 3 is 2.18 bits per heavy atom. The lowest BCUT2D eigenvalue weighted by molar-refractivity contribution is 0.0994. The smallest absolute Gasteiger partial charge is 0.279 e. The van der Waals surface area contributed by atoms with Crippen LogP contribution in [0.25, 0.3) is 10.2 Å². The second-order valence-corrected chi connectivity index (χ2v) is 9.39. The van der Waals surface area contributed by atoms with E-state index < -0.39 is 0 Å². The fourth-order valence-electron chi connectivity index (χ4n) is 3.55. The van der Waals surface area contributed by atoms with Crippen molar-refractivity contribution in [1.82, 2.24) is 4.57 Å². The first kappa shape index (κ1) is 23.8. The predicted molar refractivity (Wildman–Crippen MR) is 138 cm³/mol. The van der Waals surface area contributed by atoms with Gasteiger partial charge in [-0.3, -0.25) is 9.59 Å². The third kappa shape index (κ3) is 4.93. The van der Waals surface area contributed by atoms with Gasteiger partial charge in [0.2, 0.25) is 0 Å². The highest BCUT2D eigenvalue weighted by Gasteiger charge is 2.14. The maximum Gasteiger partial charge on any atom is 0.279 e. The molecule has 174 valence electrons. The number of carbonyl (C=O) groups excluding carboxylic acids is 2. The highest BCUT2D eigenvalue weighted by Crippen LogP contribution is 2.33. The van der Waals surface area contributed by atoms with Gasteiger partial charge in [-0.05, 0) is 18.4 Å². The Morgan fingerprint density at radius 2 is 1.53 bits per heavy atom. The summed E-state index contributed by atoms with van der Waals surface area (Å²) in [6, 6.07) is 19.5. The molecule has 0 aliphatic heterocycles. The maximum atomic E-state index is 13.0. The van der Waals surface area contributed by atoms with Gasteiger partial charge in [0, 0.05) is 41.1 Å². The van der Waals surface area contributed by atoms with Crippen LogP contribution in [0.1, 0.15) is 26.3 Å². The van der Waals surface area contributed by atoms with Gasteiger partial charge in [-0.15, -0.1) is 0 Å². The van der Waals surface area contributed by atoms with Crippen molar-refractivity contribution in [3.63, 3.8) is 0 Å². The zero-order chi connectivity index (χ0) is 24.1. The van der Waals surface area contributed by atoms with E-state index in [1.165, 1.54) is 11.3 Å². The largest absolute Gasteiger partial charge is 0.493 e. The van der Waals surface area contributed by atoms with E-state index in [-0.39, 0.29) is 11.7 Å². The number of ether oxygens (including phenoxy) is 2. The zero-order valence-corrected chi connectivity index (χ0v) is 20.7. The van der Waals surface area contributed by atoms with E-state index in [1.807, 2.05) is 41.2 Å². The van der Waals surface area contributed by atoms with Crippen molar-refractivity contribution in [2.24, 2.45) is 4.99 Å². The summed E-state index contributed by atoms with van der Waals surface area (Å²) in [5.74, 6) is 1.69. The molecule has 0 aliphatic carbocycles. The van der Waals surface area contributed by atoms with Crippen LogP contribution in [0.3, 0.4) is 0 Å². The van der Waals surface area contributed by atoms with Gasteiger partial charge < -0.3 is 14.0 Å². The topological polar surface area (TPSA) is 69.9 Å². The molecule has 34 heavy (non-hydrogen) atoms. The molecule has 0 saturated heterocycles. The average Bonchev–Trinajstić information content (AvgIpc) is 3.22. The summed E-state index contributed by atoms with van der Waals surface area (Å²) in [4.78, 5) is 30.7. The van der Waals surface area contributed by atoms with Crippen molar-refractivity contribution in [3.05, 3.63) is 88.2 Å². The van der Waals surface area contributed by atoms with Crippen molar-refractivity contribution < 1.29 is 19.1 Å². The van der Waals surface area contributed by atoms with Gasteiger partial charge in [0.15, 0.2) is 22.1 Å². The Morgan fingerprint density at radius 1 is 0.912 bits per heavy atom. The summed E-state index contributed by atoms with van der Waals surface area (Å²) in [6.07, 6.45) is 2.04. The van der Waals surface area contributed by atoms with E-state index in [9.17, 15) is 9.59 Å². The number of benzene rings is 3. The lowest BCUT2D eigenvalue weighted by Gasteiger charge is -2.09. The number of aromatic nitrogens is 1. The third-order valence-corrected chi connectivity index (χ3v) is 6.97. The fourth-order valence-corrected chi connectivity index (χ4v) is 4.98. The molecule has 8 heteroatoms. The standard InChI is InChI=1S/C26H24N2O4S2/c1-31-21-15-20-23(16-22(21)32-2)34-26(28(20)13-14-33-3)27-25(30)19-11-9-18(10-12-19)24(29)17-7-5-4-6-8-17/h4-12,15-16H,13-14H2,1-3H3. The number of thiazole rings is 1. The molecule has 3 aromatic carbocycles. The van der Waals surface area contributed by atoms with Crippen molar-refractivity contribution >= 4 is 45.0 Å². The minimum absolute atomic E-state index is 0.0844. The van der Waals surface area contributed by atoms with Gasteiger partial charge in [-0.1, -0.05) is 53.8 Å². The number of fused-ring (bicyclic) bond motifs is 1. The lowest BCUT2D eigenvalue weighted by Crippen LogP contribution is -2.18. The van der Waals surface area contributed by atoms with Crippen LogP contribution >= 0.6 is 23.1 Å². The van der Waals surface area contributed by atoms with Gasteiger partial charge >= 0.3 is 0 Å². The molecule has 0 radical (unpaired) electrons. The Labute approximate surface area is 205 Å². The van der Waals surface area contributed by atoms with Gasteiger partial charge in [0.25, 0.3) is 5.91 Å². The first-order valence-electron chi connectivity index (χ1n) is 10.6. The molecule has 0 spiro atoms. The molecule has 0 bridgehead atoms. The summed E-state index contributed by atoms with van der Waals surface area (Å²) in [5, 5.41) is 0. The summed E-state index contributed by atoms with van der Waals surface area (Å²) in [5.41, 5.74) is 2.50. The van der Waals surface area contributed by atoms with Gasteiger partial charge in [0.1, 0.15) is 0 Å². The van der Waals surface area contributed by atoms with Crippen molar-refractivity contribution in [1.29, 1.82) is 0 Å². The quantitative estimate of drug-likeness (QED) is 0.322. The van der Waals surface area contributed by atoms with Crippen LogP contribution in [0.5, 0.6) is 11.5 Å². The summed E-state index contributed by atoms with van der Waals surface area (Å²) in [6.45, 7) is 0.702. The molecular weight excluding hydrogens is 468 g/mol. The molecule has 0 saturated carbocycles. The Hall–Kier alpha value is -3.36. The molecule has 0 fully saturated rings. The SMILES string of the molecule is COc1cc2sc(=NC(=O)c3ccc(C(=O)c4ccccc4)cc3)n(CCSC)c2cc1OC. The van der Waals surface area contributed by atoms with Gasteiger partial charge in [0.05, 0.1) is 24.4 Å².